The number of hydrogen-bond acceptors (Lipinski definition) is 4. The lowest BCUT2D eigenvalue weighted by Gasteiger charge is -2.23. The number of aliphatic carboxylic acids is 1. The average molecular weight is 569 g/mol. The number of benzene rings is 3. The number of carboxylic acids is 1. The lowest BCUT2D eigenvalue weighted by atomic mass is 10.1. The number of fused-ring (bicyclic) bond motifs is 1. The molecule has 3 aromatic carbocycles. The van der Waals surface area contributed by atoms with Gasteiger partial charge >= 0.3 is 12.1 Å². The zero-order valence-corrected chi connectivity index (χ0v) is 23.6. The summed E-state index contributed by atoms with van der Waals surface area (Å²) in [5, 5.41) is 12.6. The van der Waals surface area contributed by atoms with Crippen molar-refractivity contribution in [1.82, 2.24) is 9.88 Å². The fourth-order valence-corrected chi connectivity index (χ4v) is 4.63. The molecule has 4 aromatic rings. The summed E-state index contributed by atoms with van der Waals surface area (Å²) in [6, 6.07) is 14.0. The van der Waals surface area contributed by atoms with Gasteiger partial charge in [0.1, 0.15) is 22.9 Å². The van der Waals surface area contributed by atoms with E-state index in [0.29, 0.717) is 39.3 Å². The van der Waals surface area contributed by atoms with Crippen LogP contribution in [0.4, 0.5) is 13.2 Å². The number of hydrogen-bond donors (Lipinski definition) is 2. The van der Waals surface area contributed by atoms with E-state index in [1.54, 1.807) is 49.7 Å². The lowest BCUT2D eigenvalue weighted by molar-refractivity contribution is -0.152. The van der Waals surface area contributed by atoms with Crippen molar-refractivity contribution in [1.29, 1.82) is 0 Å². The summed E-state index contributed by atoms with van der Waals surface area (Å²) in [7, 11) is 1.65. The summed E-state index contributed by atoms with van der Waals surface area (Å²) >= 11 is 0. The Labute approximate surface area is 235 Å². The van der Waals surface area contributed by atoms with E-state index in [9.17, 15) is 27.9 Å². The van der Waals surface area contributed by atoms with Crippen LogP contribution < -0.4 is 14.8 Å². The van der Waals surface area contributed by atoms with Gasteiger partial charge in [-0.25, -0.2) is 4.79 Å². The fourth-order valence-electron chi connectivity index (χ4n) is 4.63. The molecule has 41 heavy (non-hydrogen) atoms. The standard InChI is InChI=1S/C31H31F3N2O5/c1-17-11-20(14-23(12-17)40-22-8-10-26(18(2)13-22)41-30(4,5)29(38)39)16-35-28(37)27-19(3)24-15-21(31(32,33)34)7-9-25(24)36(27)6/h7-15H,16H2,1-6H3,(H,35,37)(H,38,39). The normalized spacial score (nSPS) is 11.9. The van der Waals surface area contributed by atoms with E-state index in [1.807, 2.05) is 19.1 Å². The average Bonchev–Trinajstić information content (AvgIpc) is 3.12. The van der Waals surface area contributed by atoms with Gasteiger partial charge in [0, 0.05) is 24.5 Å². The largest absolute Gasteiger partial charge is 0.478 e. The second-order valence-electron chi connectivity index (χ2n) is 10.5. The van der Waals surface area contributed by atoms with Crippen LogP contribution in [0.25, 0.3) is 10.9 Å². The number of nitrogens with one attached hydrogen (secondary N) is 1. The van der Waals surface area contributed by atoms with E-state index in [0.717, 1.165) is 23.3 Å². The quantitative estimate of drug-likeness (QED) is 0.237. The number of ether oxygens (including phenoxy) is 2. The first-order chi connectivity index (χ1) is 19.1. The number of carboxylic acid groups (broad SMARTS) is 1. The summed E-state index contributed by atoms with van der Waals surface area (Å²) in [5.74, 6) is -0.00536. The van der Waals surface area contributed by atoms with Gasteiger partial charge in [0.05, 0.1) is 5.56 Å². The van der Waals surface area contributed by atoms with E-state index in [2.05, 4.69) is 5.32 Å². The topological polar surface area (TPSA) is 89.8 Å². The van der Waals surface area contributed by atoms with Crippen LogP contribution in [0.2, 0.25) is 0 Å². The van der Waals surface area contributed by atoms with Crippen LogP contribution in [-0.4, -0.2) is 27.2 Å². The molecule has 0 atom stereocenters. The first-order valence-corrected chi connectivity index (χ1v) is 12.8. The molecule has 1 amide bonds. The van der Waals surface area contributed by atoms with Gasteiger partial charge in [-0.1, -0.05) is 6.07 Å². The van der Waals surface area contributed by atoms with Crippen LogP contribution in [0.5, 0.6) is 17.2 Å². The molecule has 1 aromatic heterocycles. The third-order valence-electron chi connectivity index (χ3n) is 6.82. The Hall–Kier alpha value is -4.47. The van der Waals surface area contributed by atoms with Crippen LogP contribution in [0.15, 0.2) is 54.6 Å². The van der Waals surface area contributed by atoms with Gasteiger partial charge in [0.25, 0.3) is 5.91 Å². The highest BCUT2D eigenvalue weighted by Crippen LogP contribution is 2.34. The Kier molecular flexibility index (Phi) is 7.80. The minimum absolute atomic E-state index is 0.168. The monoisotopic (exact) mass is 568 g/mol. The first-order valence-electron chi connectivity index (χ1n) is 12.8. The van der Waals surface area contributed by atoms with Crippen LogP contribution in [0.1, 0.15) is 52.2 Å². The number of carbonyl (C=O) groups is 2. The number of alkyl halides is 3. The van der Waals surface area contributed by atoms with Crippen molar-refractivity contribution in [2.75, 3.05) is 0 Å². The molecular formula is C31H31F3N2O5. The Morgan fingerprint density at radius 2 is 1.66 bits per heavy atom. The molecule has 4 rings (SSSR count). The van der Waals surface area contributed by atoms with Gasteiger partial charge in [-0.3, -0.25) is 4.79 Å². The van der Waals surface area contributed by atoms with E-state index < -0.39 is 29.2 Å². The molecular weight excluding hydrogens is 537 g/mol. The van der Waals surface area contributed by atoms with Gasteiger partial charge in [0.2, 0.25) is 0 Å². The smallest absolute Gasteiger partial charge is 0.416 e. The molecule has 0 aliphatic heterocycles. The highest BCUT2D eigenvalue weighted by Gasteiger charge is 2.32. The summed E-state index contributed by atoms with van der Waals surface area (Å²) in [6.45, 7) is 8.42. The molecule has 2 N–H and O–H groups in total. The Morgan fingerprint density at radius 1 is 0.951 bits per heavy atom. The Morgan fingerprint density at radius 3 is 2.29 bits per heavy atom. The van der Waals surface area contributed by atoms with Crippen LogP contribution in [0, 0.1) is 20.8 Å². The van der Waals surface area contributed by atoms with Crippen molar-refractivity contribution in [3.8, 4) is 17.2 Å². The van der Waals surface area contributed by atoms with Crippen molar-refractivity contribution in [2.45, 2.75) is 52.9 Å². The SMILES string of the molecule is Cc1cc(CNC(=O)c2c(C)c3cc(C(F)(F)F)ccc3n2C)cc(Oc2ccc(OC(C)(C)C(=O)O)c(C)c2)c1. The zero-order chi connectivity index (χ0) is 30.3. The number of rotatable bonds is 8. The van der Waals surface area contributed by atoms with Crippen molar-refractivity contribution < 1.29 is 37.3 Å². The van der Waals surface area contributed by atoms with Crippen molar-refractivity contribution in [3.05, 3.63) is 88.1 Å². The lowest BCUT2D eigenvalue weighted by Crippen LogP contribution is -2.38. The maximum absolute atomic E-state index is 13.2. The van der Waals surface area contributed by atoms with Gasteiger partial charge in [0.15, 0.2) is 5.60 Å². The molecule has 0 aliphatic carbocycles. The number of aromatic nitrogens is 1. The molecule has 0 spiro atoms. The Balaban J connectivity index is 1.50. The van der Waals surface area contributed by atoms with Crippen LogP contribution >= 0.6 is 0 Å². The number of amides is 1. The minimum Gasteiger partial charge on any atom is -0.478 e. The molecule has 0 aliphatic rings. The predicted molar refractivity (Wildman–Crippen MR) is 149 cm³/mol. The molecule has 0 radical (unpaired) electrons. The minimum atomic E-state index is -4.48. The van der Waals surface area contributed by atoms with E-state index >= 15 is 0 Å². The van der Waals surface area contributed by atoms with Crippen LogP contribution in [0.3, 0.4) is 0 Å². The van der Waals surface area contributed by atoms with Gasteiger partial charge in [-0.2, -0.15) is 13.2 Å². The highest BCUT2D eigenvalue weighted by molar-refractivity contribution is 6.01. The van der Waals surface area contributed by atoms with Gasteiger partial charge < -0.3 is 24.5 Å². The van der Waals surface area contributed by atoms with E-state index in [1.165, 1.54) is 19.9 Å². The van der Waals surface area contributed by atoms with Gasteiger partial charge in [-0.15, -0.1) is 0 Å². The van der Waals surface area contributed by atoms with Crippen molar-refractivity contribution in [3.63, 3.8) is 0 Å². The summed E-state index contributed by atoms with van der Waals surface area (Å²) in [5.41, 5.74) is 1.49. The number of carbonyl (C=O) groups excluding carboxylic acids is 1. The summed E-state index contributed by atoms with van der Waals surface area (Å²) in [4.78, 5) is 24.5. The van der Waals surface area contributed by atoms with Crippen molar-refractivity contribution in [2.24, 2.45) is 7.05 Å². The first kappa shape index (κ1) is 29.5. The number of nitrogens with zero attached hydrogens (tertiary/aromatic N) is 1. The van der Waals surface area contributed by atoms with Crippen molar-refractivity contribution >= 4 is 22.8 Å². The number of halogens is 3. The molecule has 0 fully saturated rings. The molecule has 7 nitrogen and oxygen atoms in total. The molecule has 1 heterocycles. The molecule has 0 saturated carbocycles. The fraction of sp³-hybridized carbons (Fsp3) is 0.290. The second-order valence-corrected chi connectivity index (χ2v) is 10.5. The summed E-state index contributed by atoms with van der Waals surface area (Å²) < 4.78 is 53.0. The molecule has 0 saturated heterocycles. The zero-order valence-electron chi connectivity index (χ0n) is 23.6. The molecule has 216 valence electrons. The van der Waals surface area contributed by atoms with E-state index in [4.69, 9.17) is 9.47 Å². The van der Waals surface area contributed by atoms with Crippen LogP contribution in [-0.2, 0) is 24.6 Å². The Bertz CT molecular complexity index is 1650. The van der Waals surface area contributed by atoms with Gasteiger partial charge in [-0.05, 0) is 105 Å². The third kappa shape index (κ3) is 6.32. The van der Waals surface area contributed by atoms with E-state index in [-0.39, 0.29) is 12.2 Å². The third-order valence-corrected chi connectivity index (χ3v) is 6.82. The summed E-state index contributed by atoms with van der Waals surface area (Å²) in [6.07, 6.45) is -4.48. The number of aryl methyl sites for hydroxylation is 4. The second kappa shape index (κ2) is 10.8. The maximum Gasteiger partial charge on any atom is 0.416 e. The molecule has 10 heteroatoms. The predicted octanol–water partition coefficient (Wildman–Crippen LogP) is 7.09. The molecule has 0 bridgehead atoms. The maximum atomic E-state index is 13.2. The molecule has 0 unspecified atom stereocenters. The highest BCUT2D eigenvalue weighted by atomic mass is 19.4.